The molecular formula is C18H24N4OS. The number of likely N-dealkylation sites (tertiary alicyclic amines) is 1. The monoisotopic (exact) mass is 344 g/mol. The number of rotatable bonds is 5. The van der Waals surface area contributed by atoms with E-state index in [-0.39, 0.29) is 5.91 Å². The van der Waals surface area contributed by atoms with Gasteiger partial charge in [0.15, 0.2) is 4.77 Å². The Labute approximate surface area is 147 Å². The number of amides is 1. The molecule has 0 aliphatic carbocycles. The lowest BCUT2D eigenvalue weighted by Crippen LogP contribution is -2.39. The summed E-state index contributed by atoms with van der Waals surface area (Å²) >= 11 is 5.20. The zero-order valence-electron chi connectivity index (χ0n) is 14.0. The molecule has 6 heteroatoms. The first-order chi connectivity index (χ1) is 11.6. The summed E-state index contributed by atoms with van der Waals surface area (Å²) in [6.07, 6.45) is 6.19. The molecule has 0 radical (unpaired) electrons. The lowest BCUT2D eigenvalue weighted by Gasteiger charge is -2.30. The van der Waals surface area contributed by atoms with Crippen LogP contribution in [0.25, 0.3) is 5.69 Å². The van der Waals surface area contributed by atoms with Gasteiger partial charge in [-0.15, -0.1) is 0 Å². The van der Waals surface area contributed by atoms with Crippen LogP contribution < -0.4 is 5.32 Å². The summed E-state index contributed by atoms with van der Waals surface area (Å²) in [7, 11) is 0. The molecule has 1 aliphatic heterocycles. The van der Waals surface area contributed by atoms with E-state index < -0.39 is 0 Å². The van der Waals surface area contributed by atoms with E-state index in [1.807, 2.05) is 35.0 Å². The standard InChI is InChI=1S/C18H24N4OS/c1-14-6-10-21(11-7-14)12-8-19-17(23)15-2-4-16(5-3-15)22-13-9-20-18(22)24/h2-5,9,13-14H,6-8,10-12H2,1H3,(H,19,23)(H,20,24). The summed E-state index contributed by atoms with van der Waals surface area (Å²) in [5.74, 6) is 0.812. The van der Waals surface area contributed by atoms with Crippen molar-refractivity contribution in [3.05, 3.63) is 47.0 Å². The smallest absolute Gasteiger partial charge is 0.251 e. The molecule has 5 nitrogen and oxygen atoms in total. The number of hydrogen-bond acceptors (Lipinski definition) is 3. The SMILES string of the molecule is CC1CCN(CCNC(=O)c2ccc(-n3cc[nH]c3=S)cc2)CC1. The van der Waals surface area contributed by atoms with Crippen LogP contribution in [0.2, 0.25) is 0 Å². The lowest BCUT2D eigenvalue weighted by molar-refractivity contribution is 0.0944. The number of aromatic amines is 1. The number of H-pyrrole nitrogens is 1. The molecule has 0 atom stereocenters. The fourth-order valence-corrected chi connectivity index (χ4v) is 3.25. The average Bonchev–Trinajstić information content (AvgIpc) is 3.03. The summed E-state index contributed by atoms with van der Waals surface area (Å²) in [5, 5.41) is 3.01. The first kappa shape index (κ1) is 16.9. The van der Waals surface area contributed by atoms with Crippen molar-refractivity contribution in [1.29, 1.82) is 0 Å². The van der Waals surface area contributed by atoms with E-state index in [4.69, 9.17) is 12.2 Å². The van der Waals surface area contributed by atoms with E-state index in [0.29, 0.717) is 16.9 Å². The maximum Gasteiger partial charge on any atom is 0.251 e. The Morgan fingerprint density at radius 2 is 2.00 bits per heavy atom. The summed E-state index contributed by atoms with van der Waals surface area (Å²) in [5.41, 5.74) is 1.62. The van der Waals surface area contributed by atoms with Gasteiger partial charge in [-0.05, 0) is 68.3 Å². The van der Waals surface area contributed by atoms with Crippen LogP contribution in [0.15, 0.2) is 36.7 Å². The van der Waals surface area contributed by atoms with Crippen LogP contribution in [0.4, 0.5) is 0 Å². The van der Waals surface area contributed by atoms with Crippen LogP contribution in [-0.4, -0.2) is 46.5 Å². The number of carbonyl (C=O) groups is 1. The fraction of sp³-hybridized carbons (Fsp3) is 0.444. The van der Waals surface area contributed by atoms with Gasteiger partial charge in [0.2, 0.25) is 0 Å². The Morgan fingerprint density at radius 3 is 2.62 bits per heavy atom. The van der Waals surface area contributed by atoms with Crippen LogP contribution in [0.1, 0.15) is 30.1 Å². The topological polar surface area (TPSA) is 53.1 Å². The predicted molar refractivity (Wildman–Crippen MR) is 98.1 cm³/mol. The summed E-state index contributed by atoms with van der Waals surface area (Å²) in [6.45, 7) is 6.21. The predicted octanol–water partition coefficient (Wildman–Crippen LogP) is 3.00. The highest BCUT2D eigenvalue weighted by atomic mass is 32.1. The summed E-state index contributed by atoms with van der Waals surface area (Å²) in [4.78, 5) is 17.6. The number of benzene rings is 1. The largest absolute Gasteiger partial charge is 0.351 e. The molecule has 2 heterocycles. The second-order valence-electron chi connectivity index (χ2n) is 6.46. The highest BCUT2D eigenvalue weighted by Crippen LogP contribution is 2.15. The van der Waals surface area contributed by atoms with Crippen molar-refractivity contribution in [2.75, 3.05) is 26.2 Å². The molecule has 3 rings (SSSR count). The van der Waals surface area contributed by atoms with Gasteiger partial charge < -0.3 is 15.2 Å². The van der Waals surface area contributed by atoms with Gasteiger partial charge >= 0.3 is 0 Å². The number of nitrogens with one attached hydrogen (secondary N) is 2. The van der Waals surface area contributed by atoms with E-state index in [1.165, 1.54) is 12.8 Å². The molecular weight excluding hydrogens is 320 g/mol. The highest BCUT2D eigenvalue weighted by Gasteiger charge is 2.15. The van der Waals surface area contributed by atoms with E-state index in [9.17, 15) is 4.79 Å². The van der Waals surface area contributed by atoms with E-state index >= 15 is 0 Å². The number of aromatic nitrogens is 2. The first-order valence-corrected chi connectivity index (χ1v) is 8.91. The molecule has 128 valence electrons. The number of carbonyl (C=O) groups excluding carboxylic acids is 1. The van der Waals surface area contributed by atoms with Crippen molar-refractivity contribution >= 4 is 18.1 Å². The van der Waals surface area contributed by atoms with Crippen molar-refractivity contribution in [2.24, 2.45) is 5.92 Å². The third kappa shape index (κ3) is 4.13. The Hall–Kier alpha value is -1.92. The molecule has 1 saturated heterocycles. The van der Waals surface area contributed by atoms with Crippen LogP contribution in [0.3, 0.4) is 0 Å². The molecule has 0 unspecified atom stereocenters. The molecule has 2 aromatic rings. The van der Waals surface area contributed by atoms with Crippen molar-refractivity contribution in [1.82, 2.24) is 19.8 Å². The molecule has 24 heavy (non-hydrogen) atoms. The molecule has 1 aromatic carbocycles. The van der Waals surface area contributed by atoms with Crippen molar-refractivity contribution in [3.63, 3.8) is 0 Å². The number of hydrogen-bond donors (Lipinski definition) is 2. The van der Waals surface area contributed by atoms with Crippen LogP contribution in [-0.2, 0) is 0 Å². The van der Waals surface area contributed by atoms with Gasteiger partial charge in [-0.1, -0.05) is 6.92 Å². The maximum atomic E-state index is 12.2. The minimum atomic E-state index is -0.0235. The third-order valence-corrected chi connectivity index (χ3v) is 4.96. The number of piperidine rings is 1. The summed E-state index contributed by atoms with van der Waals surface area (Å²) in [6, 6.07) is 7.49. The Bertz CT molecular complexity index is 726. The Balaban J connectivity index is 1.50. The molecule has 0 spiro atoms. The van der Waals surface area contributed by atoms with E-state index in [0.717, 1.165) is 31.2 Å². The first-order valence-electron chi connectivity index (χ1n) is 8.50. The third-order valence-electron chi connectivity index (χ3n) is 4.65. The molecule has 2 N–H and O–H groups in total. The van der Waals surface area contributed by atoms with E-state index in [1.54, 1.807) is 6.20 Å². The Morgan fingerprint density at radius 1 is 1.29 bits per heavy atom. The lowest BCUT2D eigenvalue weighted by atomic mass is 9.99. The second-order valence-corrected chi connectivity index (χ2v) is 6.85. The van der Waals surface area contributed by atoms with Crippen molar-refractivity contribution < 1.29 is 4.79 Å². The number of nitrogens with zero attached hydrogens (tertiary/aromatic N) is 2. The zero-order chi connectivity index (χ0) is 16.9. The molecule has 1 aliphatic rings. The van der Waals surface area contributed by atoms with Gasteiger partial charge in [0, 0.05) is 36.7 Å². The van der Waals surface area contributed by atoms with Gasteiger partial charge in [-0.2, -0.15) is 0 Å². The molecule has 1 aromatic heterocycles. The zero-order valence-corrected chi connectivity index (χ0v) is 14.8. The molecule has 1 amide bonds. The van der Waals surface area contributed by atoms with Gasteiger partial charge in [0.1, 0.15) is 0 Å². The minimum Gasteiger partial charge on any atom is -0.351 e. The molecule has 1 fully saturated rings. The Kier molecular flexibility index (Phi) is 5.48. The van der Waals surface area contributed by atoms with Gasteiger partial charge in [0.25, 0.3) is 5.91 Å². The van der Waals surface area contributed by atoms with Crippen LogP contribution >= 0.6 is 12.2 Å². The average molecular weight is 344 g/mol. The fourth-order valence-electron chi connectivity index (χ4n) is 3.01. The van der Waals surface area contributed by atoms with Crippen LogP contribution in [0.5, 0.6) is 0 Å². The van der Waals surface area contributed by atoms with Gasteiger partial charge in [0.05, 0.1) is 0 Å². The minimum absolute atomic E-state index is 0.0235. The second kappa shape index (κ2) is 7.77. The molecule has 0 saturated carbocycles. The normalized spacial score (nSPS) is 16.2. The van der Waals surface area contributed by atoms with Crippen molar-refractivity contribution in [2.45, 2.75) is 19.8 Å². The van der Waals surface area contributed by atoms with E-state index in [2.05, 4.69) is 22.1 Å². The van der Waals surface area contributed by atoms with Gasteiger partial charge in [-0.3, -0.25) is 9.36 Å². The molecule has 0 bridgehead atoms. The number of imidazole rings is 1. The summed E-state index contributed by atoms with van der Waals surface area (Å²) < 4.78 is 2.51. The van der Waals surface area contributed by atoms with Crippen LogP contribution in [0, 0.1) is 10.7 Å². The quantitative estimate of drug-likeness (QED) is 0.820. The van der Waals surface area contributed by atoms with Crippen molar-refractivity contribution in [3.8, 4) is 5.69 Å². The maximum absolute atomic E-state index is 12.2. The van der Waals surface area contributed by atoms with Gasteiger partial charge in [-0.25, -0.2) is 0 Å². The highest BCUT2D eigenvalue weighted by molar-refractivity contribution is 7.71.